The van der Waals surface area contributed by atoms with Crippen LogP contribution < -0.4 is 0 Å². The Morgan fingerprint density at radius 1 is 0.682 bits per heavy atom. The fourth-order valence-electron chi connectivity index (χ4n) is 3.27. The monoisotopic (exact) mass is 671 g/mol. The van der Waals surface area contributed by atoms with Gasteiger partial charge in [0.1, 0.15) is 0 Å². The molecule has 4 rings (SSSR count). The molecule has 0 aromatic heterocycles. The van der Waals surface area contributed by atoms with Crippen molar-refractivity contribution in [3.05, 3.63) is 147 Å². The molecule has 0 fully saturated rings. The van der Waals surface area contributed by atoms with Crippen LogP contribution in [0.15, 0.2) is 109 Å². The van der Waals surface area contributed by atoms with Crippen LogP contribution in [0.25, 0.3) is 0 Å². The van der Waals surface area contributed by atoms with E-state index in [2.05, 4.69) is 66.7 Å². The molecule has 0 saturated heterocycles. The van der Waals surface area contributed by atoms with Gasteiger partial charge in [-0.15, -0.1) is 0 Å². The SMILES string of the molecule is Cc1cccc(Cc2cccc([N+](=O)[O-])c2)c1.FP(F)(F)(F)F.O=S(=O)(O)C(F)(F)F.c1ccc(Cc2ccccc2)cc1. The second-order valence-corrected chi connectivity index (χ2v) is 11.5. The average Bonchev–Trinajstić information content (AvgIpc) is 2.88. The Morgan fingerprint density at radius 2 is 1.02 bits per heavy atom. The van der Waals surface area contributed by atoms with E-state index >= 15 is 0 Å². The van der Waals surface area contributed by atoms with Crippen molar-refractivity contribution in [2.75, 3.05) is 0 Å². The summed E-state index contributed by atoms with van der Waals surface area (Å²) in [5.74, 6) is 0. The summed E-state index contributed by atoms with van der Waals surface area (Å²) in [6, 6.07) is 36.0. The minimum absolute atomic E-state index is 0.148. The molecule has 0 aliphatic carbocycles. The van der Waals surface area contributed by atoms with Crippen LogP contribution in [0.5, 0.6) is 0 Å². The number of nitrogens with zero attached hydrogens (tertiary/aromatic N) is 1. The summed E-state index contributed by atoms with van der Waals surface area (Å²) in [6.45, 7) is 2.04. The van der Waals surface area contributed by atoms with Gasteiger partial charge < -0.3 is 0 Å². The van der Waals surface area contributed by atoms with Gasteiger partial charge in [0.05, 0.1) is 4.92 Å². The Labute approximate surface area is 248 Å². The van der Waals surface area contributed by atoms with E-state index in [0.29, 0.717) is 0 Å². The first-order chi connectivity index (χ1) is 20.1. The molecule has 4 aromatic carbocycles. The van der Waals surface area contributed by atoms with Gasteiger partial charge in [0.25, 0.3) is 5.69 Å². The summed E-state index contributed by atoms with van der Waals surface area (Å²) in [4.78, 5) is 10.3. The van der Waals surface area contributed by atoms with Crippen molar-refractivity contribution in [2.24, 2.45) is 0 Å². The summed E-state index contributed by atoms with van der Waals surface area (Å²) in [7, 11) is -14.4. The normalized spacial score (nSPS) is 12.0. The number of non-ortho nitro benzene ring substituents is 1. The molecule has 0 bridgehead atoms. The van der Waals surface area contributed by atoms with E-state index in [1.165, 1.54) is 28.3 Å². The van der Waals surface area contributed by atoms with Crippen molar-refractivity contribution < 1.29 is 52.0 Å². The van der Waals surface area contributed by atoms with E-state index in [1.54, 1.807) is 12.1 Å². The van der Waals surface area contributed by atoms with Gasteiger partial charge >= 0.3 is 44.8 Å². The maximum Gasteiger partial charge on any atom is 0.522 e. The zero-order chi connectivity index (χ0) is 33.6. The average molecular weight is 672 g/mol. The number of nitro groups is 1. The molecule has 16 heteroatoms. The third-order valence-corrected chi connectivity index (χ3v) is 5.58. The van der Waals surface area contributed by atoms with Crippen molar-refractivity contribution in [1.29, 1.82) is 0 Å². The fourth-order valence-corrected chi connectivity index (χ4v) is 3.27. The van der Waals surface area contributed by atoms with Gasteiger partial charge in [-0.25, -0.2) is 0 Å². The number of rotatable bonds is 5. The molecule has 0 atom stereocenters. The molecule has 0 heterocycles. The molecule has 0 aliphatic rings. The number of benzene rings is 4. The summed E-state index contributed by atoms with van der Waals surface area (Å²) < 4.78 is 107. The molecule has 0 spiro atoms. The molecule has 0 amide bonds. The number of hydrogen-bond donors (Lipinski definition) is 1. The Bertz CT molecular complexity index is 1530. The first-order valence-corrected chi connectivity index (χ1v) is 15.2. The van der Waals surface area contributed by atoms with E-state index < -0.39 is 23.8 Å². The van der Waals surface area contributed by atoms with Crippen molar-refractivity contribution in [3.63, 3.8) is 0 Å². The van der Waals surface area contributed by atoms with Crippen molar-refractivity contribution in [3.8, 4) is 0 Å². The third kappa shape index (κ3) is 18.6. The van der Waals surface area contributed by atoms with Gasteiger partial charge in [-0.05, 0) is 42.0 Å². The van der Waals surface area contributed by atoms with Gasteiger partial charge in [-0.1, -0.05) is 103 Å². The molecule has 4 aromatic rings. The third-order valence-electron chi connectivity index (χ3n) is 5.00. The summed E-state index contributed by atoms with van der Waals surface area (Å²) in [6.07, 6.45) is 1.76. The second-order valence-electron chi connectivity index (χ2n) is 8.80. The Morgan fingerprint density at radius 3 is 1.39 bits per heavy atom. The molecule has 0 unspecified atom stereocenters. The molecule has 44 heavy (non-hydrogen) atoms. The Hall–Kier alpha value is -3.94. The molecular formula is C28H26F8NO5PS. The van der Waals surface area contributed by atoms with Crippen LogP contribution in [0.1, 0.15) is 27.8 Å². The molecule has 0 aliphatic heterocycles. The molecule has 240 valence electrons. The number of hydrogen-bond acceptors (Lipinski definition) is 4. The van der Waals surface area contributed by atoms with E-state index in [-0.39, 0.29) is 10.6 Å². The van der Waals surface area contributed by atoms with Crippen LogP contribution >= 0.6 is 8.16 Å². The minimum atomic E-state index is -8.55. The van der Waals surface area contributed by atoms with Gasteiger partial charge in [0, 0.05) is 12.1 Å². The second kappa shape index (κ2) is 16.2. The quantitative estimate of drug-likeness (QED) is 0.0569. The van der Waals surface area contributed by atoms with E-state index in [1.807, 2.05) is 31.2 Å². The first kappa shape index (κ1) is 38.1. The Balaban J connectivity index is 0.000000318. The predicted octanol–water partition coefficient (Wildman–Crippen LogP) is 10.1. The van der Waals surface area contributed by atoms with Crippen molar-refractivity contribution in [2.45, 2.75) is 25.3 Å². The predicted molar refractivity (Wildman–Crippen MR) is 153 cm³/mol. The maximum absolute atomic E-state index is 10.7. The molecule has 6 nitrogen and oxygen atoms in total. The van der Waals surface area contributed by atoms with Crippen LogP contribution in [0.4, 0.5) is 39.8 Å². The zero-order valence-corrected chi connectivity index (χ0v) is 24.4. The largest absolute Gasteiger partial charge is 0.522 e. The van der Waals surface area contributed by atoms with Gasteiger partial charge in [-0.2, -0.15) is 21.6 Å². The first-order valence-electron chi connectivity index (χ1n) is 12.1. The smallest absolute Gasteiger partial charge is 0.279 e. The molecule has 1 N–H and O–H groups in total. The van der Waals surface area contributed by atoms with Crippen molar-refractivity contribution >= 4 is 24.0 Å². The van der Waals surface area contributed by atoms with E-state index in [9.17, 15) is 44.3 Å². The number of alkyl halides is 3. The Kier molecular flexibility index (Phi) is 14.0. The molecular weight excluding hydrogens is 645 g/mol. The fraction of sp³-hybridized carbons (Fsp3) is 0.143. The summed E-state index contributed by atoms with van der Waals surface area (Å²) in [5.41, 5.74) is 0.688. The minimum Gasteiger partial charge on any atom is -0.279 e. The van der Waals surface area contributed by atoms with Crippen LogP contribution in [0, 0.1) is 17.0 Å². The number of halogens is 8. The van der Waals surface area contributed by atoms with Crippen LogP contribution in [-0.4, -0.2) is 23.4 Å². The molecule has 0 saturated carbocycles. The van der Waals surface area contributed by atoms with Gasteiger partial charge in [-0.3, -0.25) is 14.7 Å². The summed E-state index contributed by atoms with van der Waals surface area (Å²) >= 11 is 0. The standard InChI is InChI=1S/C14H13NO2.C13H12.CHF3O3S.F5P/c1-11-4-2-5-12(8-11)9-13-6-3-7-14(10-13)15(16)17;1-3-7-12(8-4-1)11-13-9-5-2-6-10-13;2-1(3,4)8(5,6)7;1-6(2,3,4)5/h2-8,10H,9H2,1H3;1-10H,11H2;(H,5,6,7);. The van der Waals surface area contributed by atoms with Gasteiger partial charge in [0.15, 0.2) is 0 Å². The maximum atomic E-state index is 10.7. The number of nitro benzene ring substituents is 1. The topological polar surface area (TPSA) is 97.5 Å². The van der Waals surface area contributed by atoms with Crippen molar-refractivity contribution in [1.82, 2.24) is 0 Å². The van der Waals surface area contributed by atoms with Crippen LogP contribution in [-0.2, 0) is 23.0 Å². The van der Waals surface area contributed by atoms with Crippen LogP contribution in [0.2, 0.25) is 0 Å². The molecule has 0 radical (unpaired) electrons. The van der Waals surface area contributed by atoms with E-state index in [0.717, 1.165) is 18.4 Å². The van der Waals surface area contributed by atoms with Crippen LogP contribution in [0.3, 0.4) is 0 Å². The summed E-state index contributed by atoms with van der Waals surface area (Å²) in [5, 5.41) is 10.7. The van der Waals surface area contributed by atoms with Gasteiger partial charge in [0.2, 0.25) is 0 Å². The zero-order valence-electron chi connectivity index (χ0n) is 22.7. The number of aryl methyl sites for hydroxylation is 1. The van der Waals surface area contributed by atoms with E-state index in [4.69, 9.17) is 13.0 Å².